The molecule has 0 saturated carbocycles. The van der Waals surface area contributed by atoms with E-state index >= 15 is 0 Å². The lowest BCUT2D eigenvalue weighted by atomic mass is 9.16. The van der Waals surface area contributed by atoms with Crippen molar-refractivity contribution in [1.29, 1.82) is 0 Å². The average Bonchev–Trinajstić information content (AvgIpc) is 2.60. The molecule has 0 aromatic heterocycles. The highest BCUT2D eigenvalue weighted by molar-refractivity contribution is 7.14. The molecule has 0 fully saturated rings. The molecule has 0 N–H and O–H groups in total. The van der Waals surface area contributed by atoms with Gasteiger partial charge in [-0.1, -0.05) is 36.4 Å². The number of hydrogen-bond acceptors (Lipinski definition) is 0. The molecule has 0 aliphatic heterocycles. The fraction of sp³-hybridized carbons (Fsp3) is 0. The Morgan fingerprint density at radius 3 is 1.00 bits per heavy atom. The van der Waals surface area contributed by atoms with E-state index in [1.807, 2.05) is 0 Å². The summed E-state index contributed by atoms with van der Waals surface area (Å²) in [6, 6.07) is 18.4. The Morgan fingerprint density at radius 1 is 0.542 bits per heavy atom. The molecule has 0 radical (unpaired) electrons. The van der Waals surface area contributed by atoms with Crippen LogP contribution in [0.15, 0.2) is 85.4 Å². The zero-order valence-electron chi connectivity index (χ0n) is 12.9. The van der Waals surface area contributed by atoms with Crippen LogP contribution in [0.1, 0.15) is 0 Å². The van der Waals surface area contributed by atoms with Crippen LogP contribution in [0.2, 0.25) is 0 Å². The van der Waals surface area contributed by atoms with Gasteiger partial charge in [-0.05, 0) is 36.4 Å². The molecule has 24 heavy (non-hydrogen) atoms. The molecular weight excluding hydrogens is 308 g/mol. The van der Waals surface area contributed by atoms with Gasteiger partial charge in [0.1, 0.15) is 17.5 Å². The first kappa shape index (κ1) is 16.1. The van der Waals surface area contributed by atoms with Crippen LogP contribution in [0.3, 0.4) is 0 Å². The van der Waals surface area contributed by atoms with Crippen molar-refractivity contribution in [3.05, 3.63) is 103 Å². The Hall–Kier alpha value is -2.75. The fourth-order valence-electron chi connectivity index (χ4n) is 3.28. The second-order valence-corrected chi connectivity index (χ2v) is 5.82. The van der Waals surface area contributed by atoms with Gasteiger partial charge < -0.3 is 0 Å². The van der Waals surface area contributed by atoms with Gasteiger partial charge in [-0.15, -0.1) is 6.58 Å². The van der Waals surface area contributed by atoms with E-state index in [9.17, 15) is 13.2 Å². The fourth-order valence-corrected chi connectivity index (χ4v) is 3.28. The minimum atomic E-state index is -1.68. The topological polar surface area (TPSA) is 0 Å². The SMILES string of the molecule is C=C[B-](c1ccc(F)cc1)(c1ccc(F)cc1)c1ccc(F)cc1. The van der Waals surface area contributed by atoms with E-state index < -0.39 is 6.15 Å². The average molecular weight is 323 g/mol. The highest BCUT2D eigenvalue weighted by Crippen LogP contribution is 2.11. The standard InChI is InChI=1S/C20H15BF3/c1-2-21(15-3-9-18(22)10-4-15,16-5-11-19(23)12-6-16)17-7-13-20(24)14-8-17/h2-14H,1H2/q-1. The summed E-state index contributed by atoms with van der Waals surface area (Å²) in [5, 5.41) is 0. The summed E-state index contributed by atoms with van der Waals surface area (Å²) in [5.41, 5.74) is 2.47. The quantitative estimate of drug-likeness (QED) is 0.646. The summed E-state index contributed by atoms with van der Waals surface area (Å²) in [7, 11) is 0. The van der Waals surface area contributed by atoms with Gasteiger partial charge in [0, 0.05) is 0 Å². The Kier molecular flexibility index (Phi) is 4.30. The molecular formula is C20H15BF3-. The predicted octanol–water partition coefficient (Wildman–Crippen LogP) is 3.30. The van der Waals surface area contributed by atoms with Gasteiger partial charge in [0.25, 0.3) is 0 Å². The summed E-state index contributed by atoms with van der Waals surface area (Å²) < 4.78 is 40.1. The van der Waals surface area contributed by atoms with Crippen molar-refractivity contribution in [1.82, 2.24) is 0 Å². The van der Waals surface area contributed by atoms with Gasteiger partial charge in [0.2, 0.25) is 0 Å². The zero-order valence-corrected chi connectivity index (χ0v) is 12.9. The highest BCUT2D eigenvalue weighted by Gasteiger charge is 2.26. The van der Waals surface area contributed by atoms with E-state index in [-0.39, 0.29) is 17.5 Å². The third-order valence-corrected chi connectivity index (χ3v) is 4.54. The van der Waals surface area contributed by atoms with Gasteiger partial charge in [0.05, 0.1) is 6.15 Å². The van der Waals surface area contributed by atoms with Crippen molar-refractivity contribution < 1.29 is 13.2 Å². The number of rotatable bonds is 4. The minimum Gasteiger partial charge on any atom is -0.239 e. The van der Waals surface area contributed by atoms with Crippen LogP contribution in [0, 0.1) is 17.5 Å². The van der Waals surface area contributed by atoms with Crippen molar-refractivity contribution in [2.24, 2.45) is 0 Å². The van der Waals surface area contributed by atoms with E-state index in [0.29, 0.717) is 0 Å². The highest BCUT2D eigenvalue weighted by atomic mass is 19.1. The van der Waals surface area contributed by atoms with Crippen molar-refractivity contribution >= 4 is 22.5 Å². The van der Waals surface area contributed by atoms with E-state index in [2.05, 4.69) is 6.58 Å². The smallest absolute Gasteiger partial charge is 0.122 e. The normalized spacial score (nSPS) is 11.3. The summed E-state index contributed by atoms with van der Waals surface area (Å²) in [6.45, 7) is 3.98. The van der Waals surface area contributed by atoms with Gasteiger partial charge in [-0.2, -0.15) is 16.4 Å². The predicted molar refractivity (Wildman–Crippen MR) is 94.1 cm³/mol. The number of hydrogen-bond donors (Lipinski definition) is 0. The van der Waals surface area contributed by atoms with Crippen molar-refractivity contribution in [3.63, 3.8) is 0 Å². The maximum absolute atomic E-state index is 13.4. The summed E-state index contributed by atoms with van der Waals surface area (Å²) in [5.74, 6) is 0.746. The molecule has 0 nitrogen and oxygen atoms in total. The molecule has 4 heteroatoms. The molecule has 3 aromatic carbocycles. The van der Waals surface area contributed by atoms with Gasteiger partial charge >= 0.3 is 0 Å². The Bertz CT molecular complexity index is 727. The Labute approximate surface area is 139 Å². The lowest BCUT2D eigenvalue weighted by Gasteiger charge is -2.40. The van der Waals surface area contributed by atoms with Crippen LogP contribution in [-0.4, -0.2) is 6.15 Å². The second kappa shape index (κ2) is 6.40. The van der Waals surface area contributed by atoms with Crippen LogP contribution < -0.4 is 16.4 Å². The van der Waals surface area contributed by atoms with E-state index in [1.54, 1.807) is 42.4 Å². The van der Waals surface area contributed by atoms with Crippen LogP contribution in [0.5, 0.6) is 0 Å². The zero-order chi connectivity index (χ0) is 17.2. The molecule has 0 atom stereocenters. The molecule has 0 unspecified atom stereocenters. The lowest BCUT2D eigenvalue weighted by molar-refractivity contribution is 0.628. The van der Waals surface area contributed by atoms with Crippen molar-refractivity contribution in [2.45, 2.75) is 0 Å². The molecule has 0 bridgehead atoms. The molecule has 0 amide bonds. The maximum atomic E-state index is 13.4. The summed E-state index contributed by atoms with van der Waals surface area (Å²) in [4.78, 5) is 0. The van der Waals surface area contributed by atoms with Gasteiger partial charge in [0.15, 0.2) is 0 Å². The number of halogens is 3. The maximum Gasteiger partial charge on any atom is 0.122 e. The second-order valence-electron chi connectivity index (χ2n) is 5.82. The van der Waals surface area contributed by atoms with E-state index in [0.717, 1.165) is 16.4 Å². The van der Waals surface area contributed by atoms with E-state index in [1.165, 1.54) is 36.4 Å². The van der Waals surface area contributed by atoms with Crippen LogP contribution in [0.25, 0.3) is 0 Å². The summed E-state index contributed by atoms with van der Waals surface area (Å²) in [6.07, 6.45) is -1.68. The van der Waals surface area contributed by atoms with Gasteiger partial charge in [-0.25, -0.2) is 19.1 Å². The molecule has 0 heterocycles. The van der Waals surface area contributed by atoms with Crippen molar-refractivity contribution in [3.8, 4) is 0 Å². The third-order valence-electron chi connectivity index (χ3n) is 4.54. The monoisotopic (exact) mass is 323 g/mol. The van der Waals surface area contributed by atoms with Crippen LogP contribution >= 0.6 is 0 Å². The van der Waals surface area contributed by atoms with E-state index in [4.69, 9.17) is 0 Å². The Morgan fingerprint density at radius 2 is 0.792 bits per heavy atom. The molecule has 3 rings (SSSR count). The van der Waals surface area contributed by atoms with Crippen molar-refractivity contribution in [2.75, 3.05) is 0 Å². The first-order chi connectivity index (χ1) is 11.6. The molecule has 0 spiro atoms. The largest absolute Gasteiger partial charge is 0.239 e. The molecule has 120 valence electrons. The summed E-state index contributed by atoms with van der Waals surface area (Å²) >= 11 is 0. The molecule has 0 aliphatic rings. The van der Waals surface area contributed by atoms with Gasteiger partial charge in [-0.3, -0.25) is 0 Å². The lowest BCUT2D eigenvalue weighted by Crippen LogP contribution is -2.65. The van der Waals surface area contributed by atoms with Crippen LogP contribution in [0.4, 0.5) is 13.2 Å². The minimum absolute atomic E-state index is 0.342. The number of benzene rings is 3. The molecule has 3 aromatic rings. The molecule has 0 saturated heterocycles. The third kappa shape index (κ3) is 2.76. The first-order valence-corrected chi connectivity index (χ1v) is 7.64. The molecule has 0 aliphatic carbocycles. The Balaban J connectivity index is 2.29. The van der Waals surface area contributed by atoms with Crippen LogP contribution in [-0.2, 0) is 0 Å². The first-order valence-electron chi connectivity index (χ1n) is 7.64.